The maximum atomic E-state index is 6.04. The number of hydrogen-bond acceptors (Lipinski definition) is 3. The van der Waals surface area contributed by atoms with Crippen molar-refractivity contribution in [1.82, 2.24) is 0 Å². The molecule has 0 saturated carbocycles. The standard InChI is InChI=1S/C14H15BrClNOS/c1-2-6-18-13-4-3-10(16)8-12(13)17-9-14-11(15)5-7-19-14/h3-5,7-8,17H,2,6,9H2,1H3. The molecule has 0 spiro atoms. The Bertz CT molecular complexity index is 544. The molecule has 0 saturated heterocycles. The molecule has 0 amide bonds. The Balaban J connectivity index is 2.09. The molecule has 0 aliphatic rings. The fraction of sp³-hybridized carbons (Fsp3) is 0.286. The molecule has 0 aliphatic heterocycles. The molecule has 1 aromatic carbocycles. The third kappa shape index (κ3) is 4.13. The Kier molecular flexibility index (Phi) is 5.55. The summed E-state index contributed by atoms with van der Waals surface area (Å²) >= 11 is 11.3. The third-order valence-electron chi connectivity index (χ3n) is 2.53. The SMILES string of the molecule is CCCOc1ccc(Cl)cc1NCc1sccc1Br. The lowest BCUT2D eigenvalue weighted by molar-refractivity contribution is 0.319. The summed E-state index contributed by atoms with van der Waals surface area (Å²) in [6.07, 6.45) is 0.985. The highest BCUT2D eigenvalue weighted by Crippen LogP contribution is 2.30. The minimum atomic E-state index is 0.705. The second kappa shape index (κ2) is 7.17. The average molecular weight is 361 g/mol. The van der Waals surface area contributed by atoms with Crippen LogP contribution >= 0.6 is 38.9 Å². The molecule has 0 aliphatic carbocycles. The Labute approximate surface area is 130 Å². The number of benzene rings is 1. The van der Waals surface area contributed by atoms with Gasteiger partial charge in [-0.05, 0) is 52.0 Å². The van der Waals surface area contributed by atoms with Crippen molar-refractivity contribution >= 4 is 44.6 Å². The van der Waals surface area contributed by atoms with Gasteiger partial charge in [-0.2, -0.15) is 0 Å². The van der Waals surface area contributed by atoms with E-state index in [1.807, 2.05) is 24.3 Å². The van der Waals surface area contributed by atoms with E-state index in [-0.39, 0.29) is 0 Å². The number of ether oxygens (including phenoxy) is 1. The van der Waals surface area contributed by atoms with Gasteiger partial charge in [0.2, 0.25) is 0 Å². The van der Waals surface area contributed by atoms with Crippen LogP contribution in [0, 0.1) is 0 Å². The summed E-state index contributed by atoms with van der Waals surface area (Å²) in [6.45, 7) is 3.55. The van der Waals surface area contributed by atoms with E-state index in [2.05, 4.69) is 33.6 Å². The van der Waals surface area contributed by atoms with Crippen LogP contribution in [0.1, 0.15) is 18.2 Å². The number of thiophene rings is 1. The van der Waals surface area contributed by atoms with Gasteiger partial charge in [0.05, 0.1) is 18.8 Å². The van der Waals surface area contributed by atoms with E-state index in [0.29, 0.717) is 11.6 Å². The molecule has 1 aromatic heterocycles. The van der Waals surface area contributed by atoms with E-state index in [1.165, 1.54) is 4.88 Å². The summed E-state index contributed by atoms with van der Waals surface area (Å²) in [4.78, 5) is 1.25. The first kappa shape index (κ1) is 14.7. The Morgan fingerprint density at radius 2 is 2.21 bits per heavy atom. The molecule has 1 N–H and O–H groups in total. The van der Waals surface area contributed by atoms with Crippen molar-refractivity contribution in [3.8, 4) is 5.75 Å². The van der Waals surface area contributed by atoms with Crippen LogP contribution in [0.5, 0.6) is 5.75 Å². The molecule has 102 valence electrons. The van der Waals surface area contributed by atoms with Crippen molar-refractivity contribution in [3.05, 3.63) is 44.0 Å². The quantitative estimate of drug-likeness (QED) is 0.727. The summed E-state index contributed by atoms with van der Waals surface area (Å²) in [6, 6.07) is 7.70. The maximum Gasteiger partial charge on any atom is 0.142 e. The van der Waals surface area contributed by atoms with Gasteiger partial charge >= 0.3 is 0 Å². The van der Waals surface area contributed by atoms with Gasteiger partial charge in [-0.3, -0.25) is 0 Å². The molecule has 19 heavy (non-hydrogen) atoms. The van der Waals surface area contributed by atoms with E-state index in [0.717, 1.165) is 28.9 Å². The van der Waals surface area contributed by atoms with Crippen LogP contribution in [0.2, 0.25) is 5.02 Å². The highest BCUT2D eigenvalue weighted by molar-refractivity contribution is 9.10. The lowest BCUT2D eigenvalue weighted by atomic mass is 10.3. The predicted octanol–water partition coefficient (Wildman–Crippen LogP) is 5.56. The number of hydrogen-bond donors (Lipinski definition) is 1. The Morgan fingerprint density at radius 1 is 1.37 bits per heavy atom. The van der Waals surface area contributed by atoms with Crippen LogP contribution in [-0.4, -0.2) is 6.61 Å². The Hall–Kier alpha value is -0.710. The largest absolute Gasteiger partial charge is 0.491 e. The topological polar surface area (TPSA) is 21.3 Å². The molecule has 2 aromatic rings. The van der Waals surface area contributed by atoms with E-state index in [1.54, 1.807) is 11.3 Å². The van der Waals surface area contributed by atoms with E-state index >= 15 is 0 Å². The van der Waals surface area contributed by atoms with Crippen LogP contribution in [0.3, 0.4) is 0 Å². The van der Waals surface area contributed by atoms with Gasteiger partial charge in [-0.15, -0.1) is 11.3 Å². The fourth-order valence-corrected chi connectivity index (χ4v) is 3.21. The van der Waals surface area contributed by atoms with Gasteiger partial charge in [0.15, 0.2) is 0 Å². The van der Waals surface area contributed by atoms with Crippen molar-refractivity contribution in [3.63, 3.8) is 0 Å². The summed E-state index contributed by atoms with van der Waals surface area (Å²) < 4.78 is 6.84. The molecule has 0 atom stereocenters. The molecule has 0 fully saturated rings. The van der Waals surface area contributed by atoms with Crippen LogP contribution in [0.25, 0.3) is 0 Å². The third-order valence-corrected chi connectivity index (χ3v) is 4.70. The van der Waals surface area contributed by atoms with Crippen molar-refractivity contribution in [2.75, 3.05) is 11.9 Å². The molecule has 0 unspecified atom stereocenters. The minimum absolute atomic E-state index is 0.705. The van der Waals surface area contributed by atoms with Crippen molar-refractivity contribution in [2.45, 2.75) is 19.9 Å². The zero-order valence-corrected chi connectivity index (χ0v) is 13.7. The first-order valence-electron chi connectivity index (χ1n) is 6.08. The molecule has 5 heteroatoms. The van der Waals surface area contributed by atoms with Gasteiger partial charge < -0.3 is 10.1 Å². The molecular formula is C14H15BrClNOS. The predicted molar refractivity (Wildman–Crippen MR) is 86.6 cm³/mol. The minimum Gasteiger partial charge on any atom is -0.491 e. The molecular weight excluding hydrogens is 346 g/mol. The van der Waals surface area contributed by atoms with Gasteiger partial charge in [0.1, 0.15) is 5.75 Å². The zero-order valence-electron chi connectivity index (χ0n) is 10.6. The molecule has 1 heterocycles. The Morgan fingerprint density at radius 3 is 2.89 bits per heavy atom. The number of halogens is 2. The number of rotatable bonds is 6. The highest BCUT2D eigenvalue weighted by Gasteiger charge is 2.06. The smallest absolute Gasteiger partial charge is 0.142 e. The lowest BCUT2D eigenvalue weighted by Gasteiger charge is -2.13. The van der Waals surface area contributed by atoms with E-state index in [9.17, 15) is 0 Å². The van der Waals surface area contributed by atoms with Crippen LogP contribution < -0.4 is 10.1 Å². The number of nitrogens with one attached hydrogen (secondary N) is 1. The molecule has 0 bridgehead atoms. The second-order valence-electron chi connectivity index (χ2n) is 4.03. The average Bonchev–Trinajstić information content (AvgIpc) is 2.81. The van der Waals surface area contributed by atoms with Crippen LogP contribution in [-0.2, 0) is 6.54 Å². The zero-order chi connectivity index (χ0) is 13.7. The number of anilines is 1. The summed E-state index contributed by atoms with van der Waals surface area (Å²) in [5.74, 6) is 0.846. The normalized spacial score (nSPS) is 10.5. The first-order chi connectivity index (χ1) is 9.20. The van der Waals surface area contributed by atoms with Crippen LogP contribution in [0.15, 0.2) is 34.1 Å². The first-order valence-corrected chi connectivity index (χ1v) is 8.14. The highest BCUT2D eigenvalue weighted by atomic mass is 79.9. The van der Waals surface area contributed by atoms with E-state index < -0.39 is 0 Å². The molecule has 2 nitrogen and oxygen atoms in total. The van der Waals surface area contributed by atoms with Gasteiger partial charge in [-0.1, -0.05) is 18.5 Å². The van der Waals surface area contributed by atoms with Crippen molar-refractivity contribution in [2.24, 2.45) is 0 Å². The van der Waals surface area contributed by atoms with Crippen LogP contribution in [0.4, 0.5) is 5.69 Å². The monoisotopic (exact) mass is 359 g/mol. The summed E-state index contributed by atoms with van der Waals surface area (Å²) in [7, 11) is 0. The van der Waals surface area contributed by atoms with Crippen molar-refractivity contribution in [1.29, 1.82) is 0 Å². The molecule has 2 rings (SSSR count). The lowest BCUT2D eigenvalue weighted by Crippen LogP contribution is -2.03. The summed E-state index contributed by atoms with van der Waals surface area (Å²) in [5.41, 5.74) is 0.932. The summed E-state index contributed by atoms with van der Waals surface area (Å²) in [5, 5.41) is 6.15. The van der Waals surface area contributed by atoms with Gasteiger partial charge in [-0.25, -0.2) is 0 Å². The second-order valence-corrected chi connectivity index (χ2v) is 6.33. The van der Waals surface area contributed by atoms with E-state index in [4.69, 9.17) is 16.3 Å². The van der Waals surface area contributed by atoms with Gasteiger partial charge in [0, 0.05) is 14.4 Å². The van der Waals surface area contributed by atoms with Gasteiger partial charge in [0.25, 0.3) is 0 Å². The molecule has 0 radical (unpaired) electrons. The van der Waals surface area contributed by atoms with Crippen molar-refractivity contribution < 1.29 is 4.74 Å². The fourth-order valence-electron chi connectivity index (χ4n) is 1.60. The maximum absolute atomic E-state index is 6.04.